The predicted octanol–water partition coefficient (Wildman–Crippen LogP) is 2.77. The van der Waals surface area contributed by atoms with Crippen molar-refractivity contribution >= 4 is 35.4 Å². The summed E-state index contributed by atoms with van der Waals surface area (Å²) in [6.45, 7) is 2.06. The van der Waals surface area contributed by atoms with Crippen molar-refractivity contribution in [2.75, 3.05) is 43.9 Å². The highest BCUT2D eigenvalue weighted by Gasteiger charge is 2.33. The fourth-order valence-corrected chi connectivity index (χ4v) is 4.71. The largest absolute Gasteiger partial charge is 0.484 e. The third-order valence-electron chi connectivity index (χ3n) is 6.51. The summed E-state index contributed by atoms with van der Waals surface area (Å²) in [6, 6.07) is 17.2. The number of nitrogens with zero attached hydrogens (tertiary/aromatic N) is 4. The Labute approximate surface area is 221 Å². The summed E-state index contributed by atoms with van der Waals surface area (Å²) >= 11 is 0. The number of carbonyl (C=O) groups excluding carboxylic acids is 2. The second-order valence-electron chi connectivity index (χ2n) is 9.51. The van der Waals surface area contributed by atoms with E-state index >= 15 is 0 Å². The maximum atomic E-state index is 12.8. The molecule has 1 aromatic heterocycles. The number of aliphatic imine (C=N–C) groups is 1. The van der Waals surface area contributed by atoms with E-state index in [2.05, 4.69) is 47.9 Å². The molecule has 2 bridgehead atoms. The molecule has 10 heteroatoms. The van der Waals surface area contributed by atoms with Gasteiger partial charge in [0.05, 0.1) is 11.3 Å². The molecule has 3 N–H and O–H groups in total. The van der Waals surface area contributed by atoms with Gasteiger partial charge in [-0.25, -0.2) is 9.97 Å². The van der Waals surface area contributed by atoms with Crippen molar-refractivity contribution in [3.63, 3.8) is 0 Å². The highest BCUT2D eigenvalue weighted by Crippen LogP contribution is 2.35. The van der Waals surface area contributed by atoms with Gasteiger partial charge in [-0.15, -0.1) is 0 Å². The molecular formula is C28H31N7O3. The van der Waals surface area contributed by atoms with Crippen molar-refractivity contribution in [1.29, 1.82) is 0 Å². The number of likely N-dealkylation sites (N-methyl/N-ethyl adjacent to an activating group) is 1. The van der Waals surface area contributed by atoms with Crippen LogP contribution in [0.2, 0.25) is 0 Å². The number of hydrogen-bond acceptors (Lipinski definition) is 8. The van der Waals surface area contributed by atoms with Crippen molar-refractivity contribution in [2.24, 2.45) is 4.99 Å². The lowest BCUT2D eigenvalue weighted by atomic mass is 10.0. The molecule has 0 fully saturated rings. The minimum absolute atomic E-state index is 0.0764. The standard InChI is InChI=1S/C28H31N7O3/c1-35-12-6-11-29-26-25-23(28(37)34-27(25)32-18-31-26)15-30-20-9-5-10-22(14-20)38-17-24(36)33-21(16-35)13-19-7-3-2-4-8-19/h2-5,7-10,14-15,18,21,23H,6,11-13,16-17H2,1H3,(H,33,36)(H2,29,31,32,34,37)/t21-,23?/m1/s1. The average molecular weight is 514 g/mol. The Bertz CT molecular complexity index is 1310. The fraction of sp³-hybridized carbons (Fsp3) is 0.321. The topological polar surface area (TPSA) is 121 Å². The van der Waals surface area contributed by atoms with Crippen LogP contribution in [-0.4, -0.2) is 72.2 Å². The van der Waals surface area contributed by atoms with Gasteiger partial charge in [0.25, 0.3) is 5.91 Å². The van der Waals surface area contributed by atoms with Gasteiger partial charge in [0.1, 0.15) is 29.6 Å². The van der Waals surface area contributed by atoms with Gasteiger partial charge in [0.15, 0.2) is 6.61 Å². The lowest BCUT2D eigenvalue weighted by Gasteiger charge is -2.25. The lowest BCUT2D eigenvalue weighted by molar-refractivity contribution is -0.124. The van der Waals surface area contributed by atoms with Gasteiger partial charge in [-0.05, 0) is 44.1 Å². The Morgan fingerprint density at radius 2 is 1.89 bits per heavy atom. The summed E-state index contributed by atoms with van der Waals surface area (Å²) in [7, 11) is 2.05. The Kier molecular flexibility index (Phi) is 7.89. The molecule has 3 heterocycles. The zero-order valence-electron chi connectivity index (χ0n) is 21.3. The summed E-state index contributed by atoms with van der Waals surface area (Å²) < 4.78 is 5.78. The number of amides is 2. The second-order valence-corrected chi connectivity index (χ2v) is 9.51. The van der Waals surface area contributed by atoms with Gasteiger partial charge in [0.2, 0.25) is 5.91 Å². The van der Waals surface area contributed by atoms with Crippen LogP contribution in [0.5, 0.6) is 5.75 Å². The third kappa shape index (κ3) is 6.33. The highest BCUT2D eigenvalue weighted by molar-refractivity contribution is 6.13. The number of fused-ring (bicyclic) bond motifs is 2. The third-order valence-corrected chi connectivity index (χ3v) is 6.51. The van der Waals surface area contributed by atoms with Gasteiger partial charge >= 0.3 is 0 Å². The maximum absolute atomic E-state index is 12.8. The summed E-state index contributed by atoms with van der Waals surface area (Å²) in [5.74, 6) is 0.636. The fourth-order valence-electron chi connectivity index (χ4n) is 4.71. The van der Waals surface area contributed by atoms with E-state index in [4.69, 9.17) is 4.74 Å². The second kappa shape index (κ2) is 11.8. The number of rotatable bonds is 2. The number of nitrogens with one attached hydrogen (secondary N) is 3. The highest BCUT2D eigenvalue weighted by atomic mass is 16.5. The molecule has 0 aliphatic carbocycles. The molecule has 0 spiro atoms. The molecule has 2 amide bonds. The number of anilines is 2. The van der Waals surface area contributed by atoms with Crippen LogP contribution in [0.4, 0.5) is 17.3 Å². The molecule has 2 aliphatic rings. The monoisotopic (exact) mass is 513 g/mol. The quantitative estimate of drug-likeness (QED) is 0.482. The number of hydrogen-bond donors (Lipinski definition) is 3. The average Bonchev–Trinajstić information content (AvgIpc) is 3.24. The van der Waals surface area contributed by atoms with E-state index < -0.39 is 5.92 Å². The van der Waals surface area contributed by atoms with Crippen molar-refractivity contribution in [1.82, 2.24) is 20.2 Å². The van der Waals surface area contributed by atoms with Crippen LogP contribution in [0.1, 0.15) is 23.5 Å². The van der Waals surface area contributed by atoms with E-state index in [1.54, 1.807) is 24.4 Å². The van der Waals surface area contributed by atoms with Crippen LogP contribution >= 0.6 is 0 Å². The molecule has 2 aliphatic heterocycles. The predicted molar refractivity (Wildman–Crippen MR) is 146 cm³/mol. The van der Waals surface area contributed by atoms with Crippen LogP contribution in [0.25, 0.3) is 0 Å². The van der Waals surface area contributed by atoms with E-state index in [0.29, 0.717) is 41.7 Å². The normalized spacial score (nSPS) is 20.6. The molecule has 10 nitrogen and oxygen atoms in total. The number of ether oxygens (including phenoxy) is 1. The smallest absolute Gasteiger partial charge is 0.258 e. The molecule has 0 saturated carbocycles. The zero-order valence-corrected chi connectivity index (χ0v) is 21.3. The molecule has 5 rings (SSSR count). The Morgan fingerprint density at radius 3 is 2.76 bits per heavy atom. The van der Waals surface area contributed by atoms with Crippen LogP contribution in [0.15, 0.2) is 65.9 Å². The van der Waals surface area contributed by atoms with Crippen LogP contribution in [0, 0.1) is 0 Å². The first-order valence-corrected chi connectivity index (χ1v) is 12.7. The molecule has 2 aromatic carbocycles. The van der Waals surface area contributed by atoms with Gasteiger partial charge in [-0.2, -0.15) is 0 Å². The molecule has 0 saturated heterocycles. The van der Waals surface area contributed by atoms with Crippen molar-refractivity contribution in [2.45, 2.75) is 24.8 Å². The van der Waals surface area contributed by atoms with Crippen molar-refractivity contribution in [3.05, 3.63) is 72.1 Å². The summed E-state index contributed by atoms with van der Waals surface area (Å²) in [6.07, 6.45) is 4.60. The maximum Gasteiger partial charge on any atom is 0.258 e. The van der Waals surface area contributed by atoms with Gasteiger partial charge in [-0.3, -0.25) is 14.6 Å². The SMILES string of the molecule is CN1CCCNc2ncnc3c2C(C=Nc2cccc(c2)OCC(=O)N[C@H](Cc2ccccc2)C1)C(=O)N3. The first-order chi connectivity index (χ1) is 18.5. The van der Waals surface area contributed by atoms with E-state index in [1.165, 1.54) is 6.33 Å². The van der Waals surface area contributed by atoms with E-state index in [1.807, 2.05) is 31.3 Å². The molecule has 196 valence electrons. The molecular weight excluding hydrogens is 482 g/mol. The van der Waals surface area contributed by atoms with Gasteiger partial charge in [-0.1, -0.05) is 36.4 Å². The first-order valence-electron chi connectivity index (χ1n) is 12.7. The zero-order chi connectivity index (χ0) is 26.3. The van der Waals surface area contributed by atoms with Crippen LogP contribution in [0.3, 0.4) is 0 Å². The molecule has 1 unspecified atom stereocenters. The van der Waals surface area contributed by atoms with Crippen LogP contribution < -0.4 is 20.7 Å². The van der Waals surface area contributed by atoms with Crippen molar-refractivity contribution in [3.8, 4) is 5.75 Å². The Morgan fingerprint density at radius 1 is 1.05 bits per heavy atom. The number of carbonyl (C=O) groups is 2. The van der Waals surface area contributed by atoms with Crippen molar-refractivity contribution < 1.29 is 14.3 Å². The minimum Gasteiger partial charge on any atom is -0.484 e. The van der Waals surface area contributed by atoms with Gasteiger partial charge < -0.3 is 25.6 Å². The van der Waals surface area contributed by atoms with E-state index in [0.717, 1.165) is 24.9 Å². The molecule has 2 atom stereocenters. The molecule has 3 aromatic rings. The number of benzene rings is 2. The Balaban J connectivity index is 1.38. The first kappa shape index (κ1) is 25.3. The van der Waals surface area contributed by atoms with Gasteiger partial charge in [0, 0.05) is 31.4 Å². The van der Waals surface area contributed by atoms with E-state index in [-0.39, 0.29) is 24.5 Å². The molecule has 38 heavy (non-hydrogen) atoms. The number of aromatic nitrogens is 2. The Hall–Kier alpha value is -4.31. The van der Waals surface area contributed by atoms with Crippen LogP contribution in [-0.2, 0) is 16.0 Å². The summed E-state index contributed by atoms with van der Waals surface area (Å²) in [5, 5.41) is 9.34. The summed E-state index contributed by atoms with van der Waals surface area (Å²) in [4.78, 5) is 40.9. The van der Waals surface area contributed by atoms with E-state index in [9.17, 15) is 9.59 Å². The lowest BCUT2D eigenvalue weighted by Crippen LogP contribution is -2.46. The summed E-state index contributed by atoms with van der Waals surface area (Å²) in [5.41, 5.74) is 2.46. The minimum atomic E-state index is -0.618. The molecule has 0 radical (unpaired) electrons.